The molecule has 1 atom stereocenters. The lowest BCUT2D eigenvalue weighted by molar-refractivity contribution is 0.239. The second-order valence-corrected chi connectivity index (χ2v) is 7.13. The third-order valence-electron chi connectivity index (χ3n) is 5.19. The van der Waals surface area contributed by atoms with Crippen molar-refractivity contribution in [2.45, 2.75) is 44.6 Å². The second kappa shape index (κ2) is 6.52. The molecule has 1 aliphatic heterocycles. The van der Waals surface area contributed by atoms with Crippen LogP contribution < -0.4 is 4.74 Å². The number of benzene rings is 1. The van der Waals surface area contributed by atoms with Crippen LogP contribution in [0.1, 0.15) is 54.2 Å². The fraction of sp³-hybridized carbons (Fsp3) is 0.500. The minimum atomic E-state index is 0.504. The van der Waals surface area contributed by atoms with Gasteiger partial charge in [-0.2, -0.15) is 0 Å². The van der Waals surface area contributed by atoms with Crippen molar-refractivity contribution in [2.24, 2.45) is 0 Å². The van der Waals surface area contributed by atoms with Crippen molar-refractivity contribution in [1.29, 1.82) is 0 Å². The third kappa shape index (κ3) is 3.29. The van der Waals surface area contributed by atoms with Gasteiger partial charge in [0.15, 0.2) is 0 Å². The van der Waals surface area contributed by atoms with Crippen LogP contribution >= 0.6 is 0 Å². The molecule has 2 aliphatic rings. The van der Waals surface area contributed by atoms with Gasteiger partial charge in [-0.05, 0) is 36.5 Å². The Labute approximate surface area is 143 Å². The van der Waals surface area contributed by atoms with Crippen LogP contribution in [0.5, 0.6) is 5.75 Å². The molecule has 0 N–H and O–H groups in total. The summed E-state index contributed by atoms with van der Waals surface area (Å²) in [4.78, 5) is 11.9. The summed E-state index contributed by atoms with van der Waals surface area (Å²) in [6.45, 7) is 5.43. The Balaban J connectivity index is 1.40. The van der Waals surface area contributed by atoms with Gasteiger partial charge in [0.25, 0.3) is 0 Å². The van der Waals surface area contributed by atoms with Crippen LogP contribution in [0.2, 0.25) is 0 Å². The maximum Gasteiger partial charge on any atom is 0.131 e. The molecule has 1 unspecified atom stereocenters. The minimum absolute atomic E-state index is 0.504. The predicted molar refractivity (Wildman–Crippen MR) is 94.4 cm³/mol. The summed E-state index contributed by atoms with van der Waals surface area (Å²) in [5.74, 6) is 3.14. The highest BCUT2D eigenvalue weighted by Crippen LogP contribution is 2.38. The van der Waals surface area contributed by atoms with E-state index in [9.17, 15) is 0 Å². The lowest BCUT2D eigenvalue weighted by Gasteiger charge is -2.30. The van der Waals surface area contributed by atoms with E-state index >= 15 is 0 Å². The van der Waals surface area contributed by atoms with Gasteiger partial charge in [0.2, 0.25) is 0 Å². The van der Waals surface area contributed by atoms with E-state index in [1.54, 1.807) is 7.11 Å². The molecule has 126 valence electrons. The second-order valence-electron chi connectivity index (χ2n) is 7.13. The van der Waals surface area contributed by atoms with Crippen LogP contribution in [0.4, 0.5) is 0 Å². The van der Waals surface area contributed by atoms with E-state index in [-0.39, 0.29) is 0 Å². The number of ether oxygens (including phenoxy) is 1. The molecule has 4 heteroatoms. The number of rotatable bonds is 5. The maximum absolute atomic E-state index is 5.24. The van der Waals surface area contributed by atoms with Crippen LogP contribution in [0.25, 0.3) is 0 Å². The molecule has 0 radical (unpaired) electrons. The Kier molecular flexibility index (Phi) is 4.23. The molecule has 1 aromatic heterocycles. The number of fused-ring (bicyclic) bond motifs is 1. The standard InChI is InChI=1S/C20H25N3O/c1-14(15-5-7-18(24-2)8-6-15)12-23-10-9-19-17(13-23)11-21-20(22-19)16-3-4-16/h5-8,11,14,16H,3-4,9-10,12-13H2,1-2H3. The van der Waals surface area contributed by atoms with E-state index in [1.807, 2.05) is 12.1 Å². The topological polar surface area (TPSA) is 38.2 Å². The van der Waals surface area contributed by atoms with Crippen molar-refractivity contribution < 1.29 is 4.74 Å². The van der Waals surface area contributed by atoms with Crippen molar-refractivity contribution in [3.8, 4) is 5.75 Å². The third-order valence-corrected chi connectivity index (χ3v) is 5.19. The quantitative estimate of drug-likeness (QED) is 0.844. The van der Waals surface area contributed by atoms with Crippen LogP contribution in [0.15, 0.2) is 30.5 Å². The zero-order valence-electron chi connectivity index (χ0n) is 14.5. The summed E-state index contributed by atoms with van der Waals surface area (Å²) < 4.78 is 5.24. The molecule has 0 bridgehead atoms. The zero-order valence-corrected chi connectivity index (χ0v) is 14.5. The average Bonchev–Trinajstić information content (AvgIpc) is 3.46. The van der Waals surface area contributed by atoms with Crippen molar-refractivity contribution in [2.75, 3.05) is 20.2 Å². The summed E-state index contributed by atoms with van der Waals surface area (Å²) in [6, 6.07) is 8.44. The van der Waals surface area contributed by atoms with E-state index < -0.39 is 0 Å². The number of nitrogens with zero attached hydrogens (tertiary/aromatic N) is 3. The highest BCUT2D eigenvalue weighted by atomic mass is 16.5. The van der Waals surface area contributed by atoms with Gasteiger partial charge in [-0.3, -0.25) is 4.90 Å². The maximum atomic E-state index is 5.24. The SMILES string of the molecule is COc1ccc(C(C)CN2CCc3nc(C4CC4)ncc3C2)cc1. The Morgan fingerprint density at radius 1 is 1.25 bits per heavy atom. The zero-order chi connectivity index (χ0) is 16.5. The van der Waals surface area contributed by atoms with Crippen molar-refractivity contribution in [3.05, 3.63) is 53.1 Å². The van der Waals surface area contributed by atoms with E-state index in [4.69, 9.17) is 9.72 Å². The summed E-state index contributed by atoms with van der Waals surface area (Å²) in [7, 11) is 1.71. The Hall–Kier alpha value is -1.94. The average molecular weight is 323 g/mol. The monoisotopic (exact) mass is 323 g/mol. The minimum Gasteiger partial charge on any atom is -0.497 e. The molecular weight excluding hydrogens is 298 g/mol. The molecule has 4 rings (SSSR count). The number of methoxy groups -OCH3 is 1. The molecule has 1 aliphatic carbocycles. The first-order valence-corrected chi connectivity index (χ1v) is 8.94. The Morgan fingerprint density at radius 2 is 2.04 bits per heavy atom. The molecule has 1 fully saturated rings. The Bertz CT molecular complexity index is 709. The molecule has 0 spiro atoms. The summed E-state index contributed by atoms with van der Waals surface area (Å²) in [6.07, 6.45) is 5.65. The van der Waals surface area contributed by atoms with Gasteiger partial charge >= 0.3 is 0 Å². The summed E-state index contributed by atoms with van der Waals surface area (Å²) in [5.41, 5.74) is 3.95. The first-order chi connectivity index (χ1) is 11.7. The molecule has 1 saturated carbocycles. The predicted octanol–water partition coefficient (Wildman–Crippen LogP) is 3.52. The van der Waals surface area contributed by atoms with Gasteiger partial charge in [0, 0.05) is 49.4 Å². The van der Waals surface area contributed by atoms with Crippen molar-refractivity contribution in [3.63, 3.8) is 0 Å². The van der Waals surface area contributed by atoms with Crippen molar-refractivity contribution >= 4 is 0 Å². The molecule has 0 amide bonds. The fourth-order valence-corrected chi connectivity index (χ4v) is 3.51. The van der Waals surface area contributed by atoms with Crippen LogP contribution in [0, 0.1) is 0 Å². The number of hydrogen-bond donors (Lipinski definition) is 0. The molecule has 2 heterocycles. The lowest BCUT2D eigenvalue weighted by atomic mass is 9.98. The molecular formula is C20H25N3O. The number of hydrogen-bond acceptors (Lipinski definition) is 4. The first-order valence-electron chi connectivity index (χ1n) is 8.94. The van der Waals surface area contributed by atoms with Gasteiger partial charge in [0.1, 0.15) is 11.6 Å². The van der Waals surface area contributed by atoms with E-state index in [0.717, 1.165) is 37.6 Å². The molecule has 1 aromatic carbocycles. The van der Waals surface area contributed by atoms with Gasteiger partial charge in [-0.1, -0.05) is 19.1 Å². The molecule has 2 aromatic rings. The van der Waals surface area contributed by atoms with E-state index in [2.05, 4.69) is 35.1 Å². The smallest absolute Gasteiger partial charge is 0.131 e. The van der Waals surface area contributed by atoms with Gasteiger partial charge < -0.3 is 4.74 Å². The van der Waals surface area contributed by atoms with E-state index in [1.165, 1.54) is 29.7 Å². The molecule has 0 saturated heterocycles. The normalized spacial score (nSPS) is 18.9. The lowest BCUT2D eigenvalue weighted by Crippen LogP contribution is -2.34. The van der Waals surface area contributed by atoms with Crippen LogP contribution in [-0.4, -0.2) is 35.1 Å². The van der Waals surface area contributed by atoms with Gasteiger partial charge in [-0.25, -0.2) is 9.97 Å². The largest absolute Gasteiger partial charge is 0.497 e. The van der Waals surface area contributed by atoms with E-state index in [0.29, 0.717) is 11.8 Å². The van der Waals surface area contributed by atoms with Crippen LogP contribution in [0.3, 0.4) is 0 Å². The van der Waals surface area contributed by atoms with Crippen LogP contribution in [-0.2, 0) is 13.0 Å². The van der Waals surface area contributed by atoms with Gasteiger partial charge in [0.05, 0.1) is 7.11 Å². The summed E-state index contributed by atoms with van der Waals surface area (Å²) in [5, 5.41) is 0. The summed E-state index contributed by atoms with van der Waals surface area (Å²) >= 11 is 0. The van der Waals surface area contributed by atoms with Crippen molar-refractivity contribution in [1.82, 2.24) is 14.9 Å². The molecule has 4 nitrogen and oxygen atoms in total. The highest BCUT2D eigenvalue weighted by molar-refractivity contribution is 5.29. The van der Waals surface area contributed by atoms with Gasteiger partial charge in [-0.15, -0.1) is 0 Å². The first kappa shape index (κ1) is 15.6. The highest BCUT2D eigenvalue weighted by Gasteiger charge is 2.28. The molecule has 24 heavy (non-hydrogen) atoms. The fourth-order valence-electron chi connectivity index (χ4n) is 3.51. The number of aromatic nitrogens is 2. The Morgan fingerprint density at radius 3 is 2.75 bits per heavy atom.